The van der Waals surface area contributed by atoms with Gasteiger partial charge in [-0.3, -0.25) is 19.3 Å². The summed E-state index contributed by atoms with van der Waals surface area (Å²) >= 11 is 1.26. The van der Waals surface area contributed by atoms with Crippen molar-refractivity contribution >= 4 is 51.9 Å². The number of amides is 3. The van der Waals surface area contributed by atoms with Crippen LogP contribution in [0.5, 0.6) is 0 Å². The lowest BCUT2D eigenvalue weighted by atomic mass is 10.0. The highest BCUT2D eigenvalue weighted by Crippen LogP contribution is 2.35. The minimum Gasteiger partial charge on any atom is -0.356 e. The number of carbonyl (C=O) groups is 3. The van der Waals surface area contributed by atoms with E-state index in [2.05, 4.69) is 36.4 Å². The molecule has 0 saturated heterocycles. The van der Waals surface area contributed by atoms with E-state index in [4.69, 9.17) is 4.99 Å². The van der Waals surface area contributed by atoms with E-state index < -0.39 is 6.04 Å². The molecule has 2 heterocycles. The molecule has 37 heavy (non-hydrogen) atoms. The maximum Gasteiger partial charge on any atom is 0.270 e. The summed E-state index contributed by atoms with van der Waals surface area (Å²) in [5.74, 6) is 0.521. The number of hydrogen-bond donors (Lipinski definition) is 2. The van der Waals surface area contributed by atoms with Gasteiger partial charge in [-0.25, -0.2) is 4.99 Å². The predicted molar refractivity (Wildman–Crippen MR) is 149 cm³/mol. The molecule has 0 radical (unpaired) electrons. The highest BCUT2D eigenvalue weighted by atomic mass is 32.2. The molecule has 194 valence electrons. The van der Waals surface area contributed by atoms with E-state index in [-0.39, 0.29) is 29.9 Å². The van der Waals surface area contributed by atoms with Gasteiger partial charge in [0.2, 0.25) is 11.8 Å². The van der Waals surface area contributed by atoms with E-state index >= 15 is 0 Å². The van der Waals surface area contributed by atoms with E-state index in [0.29, 0.717) is 35.6 Å². The molecule has 0 spiro atoms. The number of amidine groups is 2. The van der Waals surface area contributed by atoms with Crippen LogP contribution in [-0.2, 0) is 14.4 Å². The van der Waals surface area contributed by atoms with Gasteiger partial charge in [0.25, 0.3) is 5.91 Å². The number of unbranched alkanes of at least 4 members (excludes halogenated alkanes) is 1. The maximum absolute atomic E-state index is 12.9. The quantitative estimate of drug-likeness (QED) is 0.438. The number of hydrogen-bond acceptors (Lipinski definition) is 6. The first-order chi connectivity index (χ1) is 17.9. The van der Waals surface area contributed by atoms with Gasteiger partial charge in [-0.1, -0.05) is 63.2 Å². The molecule has 3 amide bonds. The van der Waals surface area contributed by atoms with Crippen molar-refractivity contribution < 1.29 is 14.4 Å². The van der Waals surface area contributed by atoms with Gasteiger partial charge in [0, 0.05) is 24.2 Å². The summed E-state index contributed by atoms with van der Waals surface area (Å²) in [5.41, 5.74) is 3.41. The third-order valence-electron chi connectivity index (χ3n) is 6.30. The van der Waals surface area contributed by atoms with Gasteiger partial charge in [0.05, 0.1) is 11.4 Å². The lowest BCUT2D eigenvalue weighted by Gasteiger charge is -2.31. The summed E-state index contributed by atoms with van der Waals surface area (Å²) < 4.78 is 0. The van der Waals surface area contributed by atoms with E-state index in [1.165, 1.54) is 17.3 Å². The largest absolute Gasteiger partial charge is 0.356 e. The number of thioether (sulfide) groups is 1. The Kier molecular flexibility index (Phi) is 8.76. The Labute approximate surface area is 222 Å². The van der Waals surface area contributed by atoms with Crippen LogP contribution in [0, 0.1) is 0 Å². The van der Waals surface area contributed by atoms with E-state index in [9.17, 15) is 14.4 Å². The Balaban J connectivity index is 1.45. The monoisotopic (exact) mass is 519 g/mol. The second-order valence-electron chi connectivity index (χ2n) is 9.43. The molecule has 1 atom stereocenters. The fourth-order valence-electron chi connectivity index (χ4n) is 4.22. The Morgan fingerprint density at radius 3 is 2.54 bits per heavy atom. The highest BCUT2D eigenvalue weighted by Gasteiger charge is 2.41. The van der Waals surface area contributed by atoms with Crippen LogP contribution in [0.4, 0.5) is 11.4 Å². The van der Waals surface area contributed by atoms with Gasteiger partial charge in [-0.15, -0.1) is 0 Å². The molecule has 2 aromatic rings. The van der Waals surface area contributed by atoms with E-state index in [1.807, 2.05) is 48.5 Å². The Morgan fingerprint density at radius 2 is 1.81 bits per heavy atom. The lowest BCUT2D eigenvalue weighted by molar-refractivity contribution is -0.122. The second kappa shape index (κ2) is 12.2. The first kappa shape index (κ1) is 26.6. The van der Waals surface area contributed by atoms with Gasteiger partial charge in [0.15, 0.2) is 5.17 Å². The molecule has 2 aromatic carbocycles. The van der Waals surface area contributed by atoms with Crippen molar-refractivity contribution in [3.8, 4) is 0 Å². The third-order valence-corrected chi connectivity index (χ3v) is 7.25. The molecule has 0 aromatic heterocycles. The first-order valence-corrected chi connectivity index (χ1v) is 13.7. The molecule has 8 nitrogen and oxygen atoms in total. The average Bonchev–Trinajstić information content (AvgIpc) is 3.22. The Bertz CT molecular complexity index is 1220. The molecule has 2 N–H and O–H groups in total. The van der Waals surface area contributed by atoms with Crippen molar-refractivity contribution in [2.75, 3.05) is 17.6 Å². The number of fused-ring (bicyclic) bond motifs is 3. The smallest absolute Gasteiger partial charge is 0.270 e. The topological polar surface area (TPSA) is 103 Å². The number of para-hydroxylation sites is 1. The maximum atomic E-state index is 12.9. The van der Waals surface area contributed by atoms with Gasteiger partial charge < -0.3 is 10.6 Å². The molecular formula is C28H33N5O3S. The number of anilines is 1. The minimum atomic E-state index is -0.627. The zero-order valence-corrected chi connectivity index (χ0v) is 22.3. The van der Waals surface area contributed by atoms with Crippen LogP contribution >= 0.6 is 11.8 Å². The molecule has 0 fully saturated rings. The second-order valence-corrected chi connectivity index (χ2v) is 10.4. The average molecular weight is 520 g/mol. The molecule has 0 aliphatic carbocycles. The molecule has 4 rings (SSSR count). The summed E-state index contributed by atoms with van der Waals surface area (Å²) in [6.07, 6.45) is 2.45. The fraction of sp³-hybridized carbons (Fsp3) is 0.393. The van der Waals surface area contributed by atoms with Gasteiger partial charge >= 0.3 is 0 Å². The lowest BCUT2D eigenvalue weighted by Crippen LogP contribution is -2.44. The van der Waals surface area contributed by atoms with Crippen LogP contribution in [0.3, 0.4) is 0 Å². The molecule has 1 unspecified atom stereocenters. The molecule has 0 bridgehead atoms. The molecule has 9 heteroatoms. The standard InChI is InChI=1S/C28H33N5O3S/c1-4-5-16-29-24(34)15-14-23-27(36)32-26-21-8-6-7-9-22(21)31-28(33(23)26)37-17-25(35)30-20-12-10-19(11-13-20)18(2)3/h6-13,18,23H,4-5,14-17H2,1-3H3,(H,29,34)(H,30,35). The van der Waals surface area contributed by atoms with Crippen LogP contribution < -0.4 is 10.6 Å². The SMILES string of the molecule is CCCCNC(=O)CCC1C(=O)N=C2c3ccccc3N=C(SCC(=O)Nc3ccc(C(C)C)cc3)N21. The summed E-state index contributed by atoms with van der Waals surface area (Å²) in [5, 5.41) is 6.36. The summed E-state index contributed by atoms with van der Waals surface area (Å²) in [7, 11) is 0. The summed E-state index contributed by atoms with van der Waals surface area (Å²) in [6.45, 7) is 6.95. The molecule has 2 aliphatic heterocycles. The summed E-state index contributed by atoms with van der Waals surface area (Å²) in [4.78, 5) is 48.8. The van der Waals surface area contributed by atoms with Crippen LogP contribution in [0.2, 0.25) is 0 Å². The third kappa shape index (κ3) is 6.46. The van der Waals surface area contributed by atoms with Crippen molar-refractivity contribution in [1.82, 2.24) is 10.2 Å². The normalized spacial score (nSPS) is 16.2. The zero-order valence-electron chi connectivity index (χ0n) is 21.5. The zero-order chi connectivity index (χ0) is 26.4. The number of benzene rings is 2. The number of rotatable bonds is 10. The van der Waals surface area contributed by atoms with Crippen molar-refractivity contribution in [2.45, 2.75) is 58.4 Å². The number of carbonyl (C=O) groups excluding carboxylic acids is 3. The van der Waals surface area contributed by atoms with Crippen LogP contribution in [0.1, 0.15) is 63.5 Å². The number of aliphatic imine (C=N–C) groups is 2. The predicted octanol–water partition coefficient (Wildman–Crippen LogP) is 4.84. The van der Waals surface area contributed by atoms with Crippen molar-refractivity contribution in [3.05, 3.63) is 59.7 Å². The van der Waals surface area contributed by atoms with Crippen LogP contribution in [0.25, 0.3) is 0 Å². The van der Waals surface area contributed by atoms with Gasteiger partial charge in [0.1, 0.15) is 11.9 Å². The first-order valence-electron chi connectivity index (χ1n) is 12.8. The number of nitrogens with one attached hydrogen (secondary N) is 2. The van der Waals surface area contributed by atoms with Crippen molar-refractivity contribution in [1.29, 1.82) is 0 Å². The van der Waals surface area contributed by atoms with Crippen LogP contribution in [-0.4, -0.2) is 52.0 Å². The fourth-order valence-corrected chi connectivity index (χ4v) is 5.06. The van der Waals surface area contributed by atoms with E-state index in [0.717, 1.165) is 24.1 Å². The van der Waals surface area contributed by atoms with Gasteiger partial charge in [-0.05, 0) is 48.6 Å². The van der Waals surface area contributed by atoms with Crippen molar-refractivity contribution in [3.63, 3.8) is 0 Å². The Morgan fingerprint density at radius 1 is 1.05 bits per heavy atom. The summed E-state index contributed by atoms with van der Waals surface area (Å²) in [6, 6.07) is 14.7. The Hall–Kier alpha value is -3.46. The molecular weight excluding hydrogens is 486 g/mol. The molecule has 0 saturated carbocycles. The van der Waals surface area contributed by atoms with Crippen molar-refractivity contribution in [2.24, 2.45) is 9.98 Å². The molecule has 2 aliphatic rings. The van der Waals surface area contributed by atoms with Gasteiger partial charge in [-0.2, -0.15) is 4.99 Å². The van der Waals surface area contributed by atoms with E-state index in [1.54, 1.807) is 4.90 Å². The van der Waals surface area contributed by atoms with Crippen LogP contribution in [0.15, 0.2) is 58.5 Å². The number of nitrogens with zero attached hydrogens (tertiary/aromatic N) is 3. The minimum absolute atomic E-state index is 0.0823. The highest BCUT2D eigenvalue weighted by molar-refractivity contribution is 8.14.